The number of alkyl halides is 1. The van der Waals surface area contributed by atoms with E-state index in [2.05, 4.69) is 11.2 Å². The van der Waals surface area contributed by atoms with Crippen LogP contribution in [0, 0.1) is 12.3 Å². The van der Waals surface area contributed by atoms with Crippen LogP contribution in [0.2, 0.25) is 0 Å². The minimum absolute atomic E-state index is 0.184. The summed E-state index contributed by atoms with van der Waals surface area (Å²) in [5.41, 5.74) is 0. The zero-order chi connectivity index (χ0) is 9.52. The van der Waals surface area contributed by atoms with Gasteiger partial charge in [-0.3, -0.25) is 0 Å². The van der Waals surface area contributed by atoms with Gasteiger partial charge < -0.3 is 9.73 Å². The molecule has 0 aliphatic heterocycles. The van der Waals surface area contributed by atoms with E-state index in [-0.39, 0.29) is 6.04 Å². The second kappa shape index (κ2) is 5.69. The van der Waals surface area contributed by atoms with Crippen molar-refractivity contribution in [3.05, 3.63) is 24.2 Å². The van der Waals surface area contributed by atoms with E-state index in [9.17, 15) is 0 Å². The normalized spacial score (nSPS) is 12.3. The van der Waals surface area contributed by atoms with E-state index in [1.165, 1.54) is 0 Å². The molecule has 0 amide bonds. The van der Waals surface area contributed by atoms with Crippen LogP contribution >= 0.6 is 11.6 Å². The molecule has 1 aromatic heterocycles. The van der Waals surface area contributed by atoms with Crippen molar-refractivity contribution in [2.24, 2.45) is 0 Å². The molecule has 1 rings (SSSR count). The van der Waals surface area contributed by atoms with Crippen LogP contribution in [0.1, 0.15) is 5.76 Å². The molecule has 0 saturated carbocycles. The summed E-state index contributed by atoms with van der Waals surface area (Å²) in [7, 11) is 0. The highest BCUT2D eigenvalue weighted by atomic mass is 35.5. The second-order valence-electron chi connectivity index (χ2n) is 2.72. The lowest BCUT2D eigenvalue weighted by atomic mass is 10.2. The average Bonchev–Trinajstić information content (AvgIpc) is 2.64. The molecule has 0 saturated heterocycles. The zero-order valence-electron chi connectivity index (χ0n) is 7.29. The molecule has 0 spiro atoms. The molecule has 70 valence electrons. The smallest absolute Gasteiger partial charge is 0.105 e. The molecule has 1 N–H and O–H groups in total. The summed E-state index contributed by atoms with van der Waals surface area (Å²) in [6.45, 7) is 0.540. The molecule has 0 bridgehead atoms. The van der Waals surface area contributed by atoms with Crippen LogP contribution in [0.3, 0.4) is 0 Å². The van der Waals surface area contributed by atoms with Gasteiger partial charge in [-0.25, -0.2) is 0 Å². The molecule has 0 fully saturated rings. The van der Waals surface area contributed by atoms with E-state index in [0.717, 1.165) is 12.2 Å². The summed E-state index contributed by atoms with van der Waals surface area (Å²) in [6.07, 6.45) is 7.56. The Morgan fingerprint density at radius 2 is 2.54 bits per heavy atom. The van der Waals surface area contributed by atoms with Gasteiger partial charge in [-0.05, 0) is 12.1 Å². The third kappa shape index (κ3) is 3.54. The Bertz CT molecular complexity index is 263. The largest absolute Gasteiger partial charge is 0.469 e. The number of rotatable bonds is 5. The maximum absolute atomic E-state index is 5.75. The first-order valence-corrected chi connectivity index (χ1v) is 4.65. The fourth-order valence-electron chi connectivity index (χ4n) is 1.06. The number of halogens is 1. The summed E-state index contributed by atoms with van der Waals surface area (Å²) in [5.74, 6) is 3.97. The number of terminal acetylenes is 1. The lowest BCUT2D eigenvalue weighted by Crippen LogP contribution is -2.32. The first-order valence-electron chi connectivity index (χ1n) is 4.12. The van der Waals surface area contributed by atoms with Crippen LogP contribution in [0.4, 0.5) is 0 Å². The molecule has 2 nitrogen and oxygen atoms in total. The zero-order valence-corrected chi connectivity index (χ0v) is 8.05. The average molecular weight is 198 g/mol. The second-order valence-corrected chi connectivity index (χ2v) is 3.03. The van der Waals surface area contributed by atoms with Gasteiger partial charge in [-0.2, -0.15) is 0 Å². The molecule has 0 aliphatic rings. The van der Waals surface area contributed by atoms with E-state index in [4.69, 9.17) is 22.4 Å². The fourth-order valence-corrected chi connectivity index (χ4v) is 1.27. The Balaban J connectivity index is 2.36. The molecule has 0 aromatic carbocycles. The van der Waals surface area contributed by atoms with Crippen molar-refractivity contribution in [3.8, 4) is 12.3 Å². The highest BCUT2D eigenvalue weighted by Gasteiger charge is 2.08. The van der Waals surface area contributed by atoms with Crippen molar-refractivity contribution in [1.82, 2.24) is 5.32 Å². The standard InChI is InChI=1S/C10H12ClNO/c1-2-5-12-9(8-11)7-10-4-3-6-13-10/h1,3-4,6,9,12H,5,7-8H2/t9-/m0/s1. The van der Waals surface area contributed by atoms with Gasteiger partial charge in [-0.15, -0.1) is 18.0 Å². The summed E-state index contributed by atoms with van der Waals surface area (Å²) >= 11 is 5.75. The van der Waals surface area contributed by atoms with Crippen LogP contribution in [-0.4, -0.2) is 18.5 Å². The van der Waals surface area contributed by atoms with E-state index in [1.54, 1.807) is 6.26 Å². The van der Waals surface area contributed by atoms with Gasteiger partial charge in [0, 0.05) is 18.3 Å². The third-order valence-electron chi connectivity index (χ3n) is 1.71. The Morgan fingerprint density at radius 1 is 1.69 bits per heavy atom. The number of furan rings is 1. The highest BCUT2D eigenvalue weighted by molar-refractivity contribution is 6.18. The molecular formula is C10H12ClNO. The minimum Gasteiger partial charge on any atom is -0.469 e. The lowest BCUT2D eigenvalue weighted by Gasteiger charge is -2.11. The minimum atomic E-state index is 0.184. The molecule has 0 radical (unpaired) electrons. The van der Waals surface area contributed by atoms with Crippen LogP contribution in [0.5, 0.6) is 0 Å². The Labute approximate surface area is 83.3 Å². The van der Waals surface area contributed by atoms with Crippen molar-refractivity contribution >= 4 is 11.6 Å². The Kier molecular flexibility index (Phi) is 4.45. The summed E-state index contributed by atoms with van der Waals surface area (Å²) < 4.78 is 5.20. The van der Waals surface area contributed by atoms with E-state index in [1.807, 2.05) is 12.1 Å². The highest BCUT2D eigenvalue weighted by Crippen LogP contribution is 2.04. The van der Waals surface area contributed by atoms with Gasteiger partial charge in [0.15, 0.2) is 0 Å². The third-order valence-corrected chi connectivity index (χ3v) is 2.08. The topological polar surface area (TPSA) is 25.2 Å². The Morgan fingerprint density at radius 3 is 3.08 bits per heavy atom. The number of nitrogens with one attached hydrogen (secondary N) is 1. The molecule has 0 aliphatic carbocycles. The maximum atomic E-state index is 5.75. The molecule has 1 heterocycles. The van der Waals surface area contributed by atoms with Crippen LogP contribution < -0.4 is 5.32 Å². The van der Waals surface area contributed by atoms with Gasteiger partial charge in [-0.1, -0.05) is 5.92 Å². The van der Waals surface area contributed by atoms with Crippen molar-refractivity contribution in [2.75, 3.05) is 12.4 Å². The van der Waals surface area contributed by atoms with Crippen molar-refractivity contribution in [2.45, 2.75) is 12.5 Å². The van der Waals surface area contributed by atoms with Gasteiger partial charge in [0.25, 0.3) is 0 Å². The van der Waals surface area contributed by atoms with Gasteiger partial charge in [0.1, 0.15) is 5.76 Å². The van der Waals surface area contributed by atoms with Crippen LogP contribution in [-0.2, 0) is 6.42 Å². The molecule has 0 unspecified atom stereocenters. The van der Waals surface area contributed by atoms with E-state index in [0.29, 0.717) is 12.4 Å². The maximum Gasteiger partial charge on any atom is 0.105 e. The quantitative estimate of drug-likeness (QED) is 0.574. The molecule has 3 heteroatoms. The van der Waals surface area contributed by atoms with Crippen LogP contribution in [0.25, 0.3) is 0 Å². The predicted molar refractivity (Wildman–Crippen MR) is 53.8 cm³/mol. The lowest BCUT2D eigenvalue weighted by molar-refractivity contribution is 0.469. The first-order chi connectivity index (χ1) is 6.36. The van der Waals surface area contributed by atoms with Gasteiger partial charge in [0.2, 0.25) is 0 Å². The molecular weight excluding hydrogens is 186 g/mol. The predicted octanol–water partition coefficient (Wildman–Crippen LogP) is 1.65. The molecule has 1 atom stereocenters. The summed E-state index contributed by atoms with van der Waals surface area (Å²) in [4.78, 5) is 0. The fraction of sp³-hybridized carbons (Fsp3) is 0.400. The van der Waals surface area contributed by atoms with Crippen molar-refractivity contribution in [1.29, 1.82) is 0 Å². The summed E-state index contributed by atoms with van der Waals surface area (Å²) in [5, 5.41) is 3.13. The van der Waals surface area contributed by atoms with Gasteiger partial charge in [0.05, 0.1) is 12.8 Å². The monoisotopic (exact) mass is 197 g/mol. The SMILES string of the molecule is C#CCN[C@H](CCl)Cc1ccco1. The van der Waals surface area contributed by atoms with Crippen molar-refractivity contribution < 1.29 is 4.42 Å². The van der Waals surface area contributed by atoms with Crippen molar-refractivity contribution in [3.63, 3.8) is 0 Å². The van der Waals surface area contributed by atoms with Crippen LogP contribution in [0.15, 0.2) is 22.8 Å². The Hall–Kier alpha value is -0.910. The molecule has 13 heavy (non-hydrogen) atoms. The van der Waals surface area contributed by atoms with E-state index >= 15 is 0 Å². The van der Waals surface area contributed by atoms with E-state index < -0.39 is 0 Å². The number of hydrogen-bond acceptors (Lipinski definition) is 2. The first kappa shape index (κ1) is 10.2. The number of hydrogen-bond donors (Lipinski definition) is 1. The van der Waals surface area contributed by atoms with Gasteiger partial charge >= 0.3 is 0 Å². The summed E-state index contributed by atoms with van der Waals surface area (Å²) in [6, 6.07) is 3.97. The molecule has 1 aromatic rings.